The lowest BCUT2D eigenvalue weighted by molar-refractivity contribution is -0.151. The molecule has 4 rings (SSSR count). The van der Waals surface area contributed by atoms with E-state index >= 15 is 0 Å². The fourth-order valence-corrected chi connectivity index (χ4v) is 5.14. The summed E-state index contributed by atoms with van der Waals surface area (Å²) in [6.45, 7) is 4.98. The van der Waals surface area contributed by atoms with Crippen molar-refractivity contribution in [3.05, 3.63) is 23.8 Å². The highest BCUT2D eigenvalue weighted by Gasteiger charge is 2.50. The van der Waals surface area contributed by atoms with Crippen LogP contribution in [0.3, 0.4) is 0 Å². The van der Waals surface area contributed by atoms with Gasteiger partial charge in [-0.3, -0.25) is 14.4 Å². The van der Waals surface area contributed by atoms with Gasteiger partial charge in [0.05, 0.1) is 11.6 Å². The Kier molecular flexibility index (Phi) is 5.03. The number of hydrogen-bond donors (Lipinski definition) is 1. The third-order valence-corrected chi connectivity index (χ3v) is 6.37. The summed E-state index contributed by atoms with van der Waals surface area (Å²) in [5.74, 6) is 1.13. The van der Waals surface area contributed by atoms with Crippen LogP contribution in [0.4, 0.5) is 0 Å². The van der Waals surface area contributed by atoms with Crippen LogP contribution in [0.25, 0.3) is 0 Å². The van der Waals surface area contributed by atoms with Gasteiger partial charge >= 0.3 is 0 Å². The van der Waals surface area contributed by atoms with Crippen molar-refractivity contribution in [3.8, 4) is 0 Å². The Morgan fingerprint density at radius 1 is 1.21 bits per heavy atom. The first-order valence-electron chi connectivity index (χ1n) is 10.1. The molecule has 150 valence electrons. The first-order chi connectivity index (χ1) is 13.4. The van der Waals surface area contributed by atoms with E-state index in [9.17, 15) is 14.4 Å². The van der Waals surface area contributed by atoms with E-state index in [2.05, 4.69) is 15.3 Å². The zero-order valence-electron chi connectivity index (χ0n) is 16.4. The van der Waals surface area contributed by atoms with Crippen molar-refractivity contribution < 1.29 is 14.4 Å². The molecule has 8 heteroatoms. The molecule has 1 aromatic rings. The lowest BCUT2D eigenvalue weighted by Crippen LogP contribution is -2.67. The van der Waals surface area contributed by atoms with E-state index in [0.717, 1.165) is 19.3 Å². The molecule has 0 aliphatic carbocycles. The van der Waals surface area contributed by atoms with Gasteiger partial charge in [0.1, 0.15) is 5.82 Å². The molecule has 0 radical (unpaired) electrons. The number of aryl methyl sites for hydroxylation is 1. The van der Waals surface area contributed by atoms with Crippen molar-refractivity contribution in [2.75, 3.05) is 19.6 Å². The maximum Gasteiger partial charge on any atom is 0.257 e. The van der Waals surface area contributed by atoms with Crippen LogP contribution in [0.2, 0.25) is 0 Å². The Labute approximate surface area is 164 Å². The normalized spacial score (nSPS) is 29.3. The van der Waals surface area contributed by atoms with Crippen LogP contribution in [-0.4, -0.2) is 69.2 Å². The molecule has 3 saturated heterocycles. The van der Waals surface area contributed by atoms with Gasteiger partial charge < -0.3 is 15.1 Å². The molecule has 2 bridgehead atoms. The number of hydrogen-bond acceptors (Lipinski definition) is 5. The van der Waals surface area contributed by atoms with Gasteiger partial charge in [0.2, 0.25) is 11.8 Å². The monoisotopic (exact) mass is 385 g/mol. The van der Waals surface area contributed by atoms with E-state index in [0.29, 0.717) is 37.4 Å². The minimum Gasteiger partial charge on any atom is -0.354 e. The standard InChI is InChI=1S/C20H27N5O3/c1-12-21-7-16(8-22-12)20(28)24-10-14-6-15(11-24)18(9-23-13(2)26)25-17(14)4-3-5-19(25)27/h7-8,14-15,17-18H,3-6,9-11H2,1-2H3,(H,23,26)/t14-,15+,17+,18+/m1/s1. The van der Waals surface area contributed by atoms with E-state index in [1.807, 2.05) is 9.80 Å². The first kappa shape index (κ1) is 18.8. The van der Waals surface area contributed by atoms with Gasteiger partial charge in [-0.25, -0.2) is 9.97 Å². The predicted molar refractivity (Wildman–Crippen MR) is 101 cm³/mol. The van der Waals surface area contributed by atoms with Gasteiger partial charge in [0.15, 0.2) is 0 Å². The average molecular weight is 385 g/mol. The van der Waals surface area contributed by atoms with Crippen LogP contribution in [0.15, 0.2) is 12.4 Å². The topological polar surface area (TPSA) is 95.5 Å². The van der Waals surface area contributed by atoms with Crippen LogP contribution < -0.4 is 5.32 Å². The highest BCUT2D eigenvalue weighted by atomic mass is 16.2. The summed E-state index contributed by atoms with van der Waals surface area (Å²) in [5, 5.41) is 2.90. The molecule has 4 heterocycles. The largest absolute Gasteiger partial charge is 0.354 e. The number of fused-ring (bicyclic) bond motifs is 4. The maximum atomic E-state index is 13.0. The van der Waals surface area contributed by atoms with Gasteiger partial charge in [-0.05, 0) is 38.0 Å². The molecule has 3 aliphatic rings. The molecule has 1 N–H and O–H groups in total. The van der Waals surface area contributed by atoms with Crippen LogP contribution in [0.5, 0.6) is 0 Å². The Morgan fingerprint density at radius 2 is 1.93 bits per heavy atom. The molecule has 3 fully saturated rings. The van der Waals surface area contributed by atoms with E-state index < -0.39 is 0 Å². The summed E-state index contributed by atoms with van der Waals surface area (Å²) in [6, 6.07) is 0.101. The SMILES string of the molecule is CC(=O)NC[C@H]1[C@H]2C[C@H](CN(C(=O)c3cnc(C)nc3)C2)[C@@H]2CCCC(=O)N21. The smallest absolute Gasteiger partial charge is 0.257 e. The van der Waals surface area contributed by atoms with E-state index in [-0.39, 0.29) is 41.6 Å². The minimum atomic E-state index is -0.0938. The maximum absolute atomic E-state index is 13.0. The predicted octanol–water partition coefficient (Wildman–Crippen LogP) is 0.763. The molecule has 28 heavy (non-hydrogen) atoms. The Balaban J connectivity index is 1.58. The van der Waals surface area contributed by atoms with E-state index in [1.165, 1.54) is 6.92 Å². The van der Waals surface area contributed by atoms with E-state index in [1.54, 1.807) is 19.3 Å². The van der Waals surface area contributed by atoms with Crippen LogP contribution in [0, 0.1) is 18.8 Å². The molecular formula is C20H27N5O3. The zero-order valence-corrected chi connectivity index (χ0v) is 16.4. The van der Waals surface area contributed by atoms with Gasteiger partial charge in [-0.15, -0.1) is 0 Å². The highest BCUT2D eigenvalue weighted by Crippen LogP contribution is 2.41. The molecule has 4 atom stereocenters. The summed E-state index contributed by atoms with van der Waals surface area (Å²) in [5.41, 5.74) is 0.501. The molecule has 3 aliphatic heterocycles. The fraction of sp³-hybridized carbons (Fsp3) is 0.650. The lowest BCUT2D eigenvalue weighted by Gasteiger charge is -2.56. The number of aromatic nitrogens is 2. The number of nitrogens with zero attached hydrogens (tertiary/aromatic N) is 4. The third-order valence-electron chi connectivity index (χ3n) is 6.37. The Bertz CT molecular complexity index is 781. The van der Waals surface area contributed by atoms with Crippen molar-refractivity contribution in [1.82, 2.24) is 25.1 Å². The second-order valence-electron chi connectivity index (χ2n) is 8.25. The minimum absolute atomic E-state index is 0.0523. The summed E-state index contributed by atoms with van der Waals surface area (Å²) in [6.07, 6.45) is 6.60. The Morgan fingerprint density at radius 3 is 2.64 bits per heavy atom. The Hall–Kier alpha value is -2.51. The molecule has 8 nitrogen and oxygen atoms in total. The van der Waals surface area contributed by atoms with Gasteiger partial charge in [0.25, 0.3) is 5.91 Å². The summed E-state index contributed by atoms with van der Waals surface area (Å²) < 4.78 is 0. The molecule has 1 aromatic heterocycles. The highest BCUT2D eigenvalue weighted by molar-refractivity contribution is 5.93. The van der Waals surface area contributed by atoms with Gasteiger partial charge in [-0.1, -0.05) is 0 Å². The summed E-state index contributed by atoms with van der Waals surface area (Å²) in [7, 11) is 0. The number of likely N-dealkylation sites (tertiary alicyclic amines) is 1. The second kappa shape index (κ2) is 7.48. The van der Waals surface area contributed by atoms with Crippen molar-refractivity contribution in [3.63, 3.8) is 0 Å². The molecule has 0 spiro atoms. The molecule has 0 saturated carbocycles. The third kappa shape index (κ3) is 3.47. The zero-order chi connectivity index (χ0) is 19.8. The number of carbonyl (C=O) groups excluding carboxylic acids is 3. The van der Waals surface area contributed by atoms with Crippen molar-refractivity contribution in [1.29, 1.82) is 0 Å². The number of carbonyl (C=O) groups is 3. The number of amides is 3. The summed E-state index contributed by atoms with van der Waals surface area (Å²) in [4.78, 5) is 49.5. The van der Waals surface area contributed by atoms with Crippen molar-refractivity contribution in [2.24, 2.45) is 11.8 Å². The van der Waals surface area contributed by atoms with Gasteiger partial charge in [-0.2, -0.15) is 0 Å². The fourth-order valence-electron chi connectivity index (χ4n) is 5.14. The molecule has 3 amide bonds. The quantitative estimate of drug-likeness (QED) is 0.829. The lowest BCUT2D eigenvalue weighted by atomic mass is 9.72. The number of nitrogens with one attached hydrogen (secondary N) is 1. The first-order valence-corrected chi connectivity index (χ1v) is 10.1. The molecular weight excluding hydrogens is 358 g/mol. The number of piperidine rings is 3. The molecule has 0 aromatic carbocycles. The molecule has 0 unspecified atom stereocenters. The second-order valence-corrected chi connectivity index (χ2v) is 8.25. The van der Waals surface area contributed by atoms with Crippen molar-refractivity contribution >= 4 is 17.7 Å². The summed E-state index contributed by atoms with van der Waals surface area (Å²) >= 11 is 0. The van der Waals surface area contributed by atoms with Crippen molar-refractivity contribution in [2.45, 2.75) is 51.6 Å². The van der Waals surface area contributed by atoms with Gasteiger partial charge in [0, 0.05) is 51.4 Å². The van der Waals surface area contributed by atoms with Crippen LogP contribution in [-0.2, 0) is 9.59 Å². The van der Waals surface area contributed by atoms with Crippen LogP contribution >= 0.6 is 0 Å². The number of rotatable bonds is 3. The van der Waals surface area contributed by atoms with E-state index in [4.69, 9.17) is 0 Å². The average Bonchev–Trinajstić information content (AvgIpc) is 2.68. The van der Waals surface area contributed by atoms with Crippen LogP contribution in [0.1, 0.15) is 48.8 Å².